The SMILES string of the molecule is C.CCC(CO)NCC1CCCC(CN[C@@H](CN2CCC(C3C=CC(Cl)CC3)C(C)(C)C2)C(C)C)C1.O.O.O.O.O. The number of hydrogen-bond donors (Lipinski definition) is 3. The molecule has 9 nitrogen and oxygen atoms in total. The van der Waals surface area contributed by atoms with Gasteiger partial charge in [0, 0.05) is 25.2 Å². The molecule has 3 rings (SSSR count). The number of aliphatic hydroxyl groups is 1. The molecule has 6 unspecified atom stereocenters. The second-order valence-corrected chi connectivity index (χ2v) is 13.7. The summed E-state index contributed by atoms with van der Waals surface area (Å²) in [5, 5.41) is 17.3. The van der Waals surface area contributed by atoms with Crippen LogP contribution in [-0.2, 0) is 0 Å². The van der Waals surface area contributed by atoms with Crippen molar-refractivity contribution in [2.24, 2.45) is 35.0 Å². The monoisotopic (exact) mass is 615 g/mol. The smallest absolute Gasteiger partial charge is 0.0584 e. The molecule has 2 aliphatic carbocycles. The van der Waals surface area contributed by atoms with Gasteiger partial charge >= 0.3 is 0 Å². The molecule has 0 bridgehead atoms. The molecular formula is C31H70ClN3O6. The Hall–Kier alpha value is -0.330. The highest BCUT2D eigenvalue weighted by Gasteiger charge is 2.40. The Labute approximate surface area is 256 Å². The van der Waals surface area contributed by atoms with Gasteiger partial charge < -0.3 is 48.0 Å². The minimum absolute atomic E-state index is 0. The number of nitrogens with zero attached hydrogens (tertiary/aromatic N) is 1. The van der Waals surface area contributed by atoms with Gasteiger partial charge in [-0.1, -0.05) is 60.6 Å². The van der Waals surface area contributed by atoms with Gasteiger partial charge in [0.1, 0.15) is 0 Å². The average Bonchev–Trinajstić information content (AvgIpc) is 2.83. The number of halogens is 1. The van der Waals surface area contributed by atoms with E-state index in [9.17, 15) is 5.11 Å². The van der Waals surface area contributed by atoms with Crippen LogP contribution in [0, 0.1) is 35.0 Å². The lowest BCUT2D eigenvalue weighted by Gasteiger charge is -2.48. The summed E-state index contributed by atoms with van der Waals surface area (Å²) < 4.78 is 0. The summed E-state index contributed by atoms with van der Waals surface area (Å²) in [6, 6.07) is 0.824. The van der Waals surface area contributed by atoms with Crippen LogP contribution in [0.4, 0.5) is 0 Å². The van der Waals surface area contributed by atoms with Gasteiger partial charge in [-0.25, -0.2) is 0 Å². The van der Waals surface area contributed by atoms with Gasteiger partial charge in [0.05, 0.1) is 12.0 Å². The van der Waals surface area contributed by atoms with Crippen LogP contribution in [-0.4, -0.2) is 94.2 Å². The number of hydrogen-bond acceptors (Lipinski definition) is 4. The predicted molar refractivity (Wildman–Crippen MR) is 176 cm³/mol. The fourth-order valence-electron chi connectivity index (χ4n) is 7.13. The van der Waals surface area contributed by atoms with Crippen LogP contribution in [0.15, 0.2) is 12.2 Å². The normalized spacial score (nSPS) is 28.7. The maximum absolute atomic E-state index is 9.48. The number of aliphatic hydroxyl groups excluding tert-OH is 1. The van der Waals surface area contributed by atoms with E-state index in [0.29, 0.717) is 23.3 Å². The van der Waals surface area contributed by atoms with Crippen LogP contribution in [0.25, 0.3) is 0 Å². The van der Waals surface area contributed by atoms with Crippen LogP contribution in [0.2, 0.25) is 0 Å². The summed E-state index contributed by atoms with van der Waals surface area (Å²) in [5.74, 6) is 3.68. The highest BCUT2D eigenvalue weighted by molar-refractivity contribution is 6.21. The molecular weight excluding hydrogens is 546 g/mol. The summed E-state index contributed by atoms with van der Waals surface area (Å²) in [6.45, 7) is 18.0. The van der Waals surface area contributed by atoms with Gasteiger partial charge in [-0.2, -0.15) is 0 Å². The number of rotatable bonds is 12. The molecule has 1 saturated carbocycles. The highest BCUT2D eigenvalue weighted by atomic mass is 35.5. The summed E-state index contributed by atoms with van der Waals surface area (Å²) in [7, 11) is 0. The molecule has 13 N–H and O–H groups in total. The first-order valence-corrected chi connectivity index (χ1v) is 15.3. The topological polar surface area (TPSA) is 205 Å². The van der Waals surface area contributed by atoms with Crippen LogP contribution < -0.4 is 10.6 Å². The van der Waals surface area contributed by atoms with Crippen molar-refractivity contribution in [2.45, 2.75) is 111 Å². The molecule has 0 aromatic rings. The van der Waals surface area contributed by atoms with Crippen molar-refractivity contribution in [2.75, 3.05) is 39.3 Å². The van der Waals surface area contributed by atoms with Crippen molar-refractivity contribution >= 4 is 11.6 Å². The Morgan fingerprint density at radius 3 is 2.02 bits per heavy atom. The molecule has 0 aromatic heterocycles. The summed E-state index contributed by atoms with van der Waals surface area (Å²) in [4.78, 5) is 2.75. The van der Waals surface area contributed by atoms with Gasteiger partial charge in [-0.3, -0.25) is 0 Å². The predicted octanol–water partition coefficient (Wildman–Crippen LogP) is 2.20. The van der Waals surface area contributed by atoms with E-state index < -0.39 is 0 Å². The first kappa shape index (κ1) is 47.6. The van der Waals surface area contributed by atoms with Crippen molar-refractivity contribution in [3.05, 3.63) is 12.2 Å². The van der Waals surface area contributed by atoms with Gasteiger partial charge in [-0.05, 0) is 99.6 Å². The highest BCUT2D eigenvalue weighted by Crippen LogP contribution is 2.43. The lowest BCUT2D eigenvalue weighted by Crippen LogP contribution is -2.53. The van der Waals surface area contributed by atoms with E-state index in [1.807, 2.05) is 0 Å². The number of allylic oxidation sites excluding steroid dienone is 2. The molecule has 10 heteroatoms. The van der Waals surface area contributed by atoms with E-state index in [-0.39, 0.29) is 52.8 Å². The fraction of sp³-hybridized carbons (Fsp3) is 0.935. The Morgan fingerprint density at radius 1 is 0.927 bits per heavy atom. The van der Waals surface area contributed by atoms with Crippen LogP contribution >= 0.6 is 11.6 Å². The van der Waals surface area contributed by atoms with E-state index in [0.717, 1.165) is 43.7 Å². The summed E-state index contributed by atoms with van der Waals surface area (Å²) in [6.07, 6.45) is 14.8. The van der Waals surface area contributed by atoms with E-state index in [2.05, 4.69) is 62.3 Å². The molecule has 1 heterocycles. The first-order valence-electron chi connectivity index (χ1n) is 14.8. The minimum atomic E-state index is 0. The van der Waals surface area contributed by atoms with Crippen LogP contribution in [0.3, 0.4) is 0 Å². The largest absolute Gasteiger partial charge is 0.412 e. The van der Waals surface area contributed by atoms with Gasteiger partial charge in [0.2, 0.25) is 0 Å². The van der Waals surface area contributed by atoms with Crippen molar-refractivity contribution in [1.29, 1.82) is 0 Å². The molecule has 252 valence electrons. The summed E-state index contributed by atoms with van der Waals surface area (Å²) in [5.41, 5.74) is 0.350. The van der Waals surface area contributed by atoms with Crippen molar-refractivity contribution < 1.29 is 32.5 Å². The third-order valence-corrected chi connectivity index (χ3v) is 9.84. The third kappa shape index (κ3) is 14.8. The second kappa shape index (κ2) is 23.1. The molecule has 0 radical (unpaired) electrons. The maximum Gasteiger partial charge on any atom is 0.0584 e. The number of nitrogens with one attached hydrogen (secondary N) is 2. The van der Waals surface area contributed by atoms with Gasteiger partial charge in [0.25, 0.3) is 0 Å². The molecule has 0 amide bonds. The molecule has 0 spiro atoms. The fourth-order valence-corrected chi connectivity index (χ4v) is 7.34. The third-order valence-electron chi connectivity index (χ3n) is 9.48. The van der Waals surface area contributed by atoms with Gasteiger partial charge in [-0.15, -0.1) is 11.6 Å². The standard InChI is InChI=1S/C30H56ClN3O.CH4.5H2O/c1-6-27(20-35)32-17-23-8-7-9-24(16-23)18-33-29(22(2)3)19-34-15-14-28(30(4,5)21-34)25-10-12-26(31)13-11-25;;;;;;/h10,12,22-29,32-33,35H,6-9,11,13-21H2,1-5H3;1H4;5*1H2/t23?,24?,25?,26?,27?,28?,29-;;;;;;/m0....../s1. The van der Waals surface area contributed by atoms with Crippen molar-refractivity contribution in [3.8, 4) is 0 Å². The molecule has 1 aliphatic heterocycles. The lowest BCUT2D eigenvalue weighted by atomic mass is 9.65. The van der Waals surface area contributed by atoms with E-state index >= 15 is 0 Å². The van der Waals surface area contributed by atoms with Crippen LogP contribution in [0.1, 0.15) is 93.4 Å². The average molecular weight is 616 g/mol. The number of likely N-dealkylation sites (tertiary alicyclic amines) is 1. The number of piperidine rings is 1. The Morgan fingerprint density at radius 2 is 1.54 bits per heavy atom. The Kier molecular flexibility index (Phi) is 26.8. The molecule has 1 saturated heterocycles. The number of alkyl halides is 1. The van der Waals surface area contributed by atoms with E-state index in [1.54, 1.807) is 0 Å². The second-order valence-electron chi connectivity index (χ2n) is 13.1. The van der Waals surface area contributed by atoms with Gasteiger partial charge in [0.15, 0.2) is 0 Å². The maximum atomic E-state index is 9.48. The van der Waals surface area contributed by atoms with E-state index in [4.69, 9.17) is 11.6 Å². The Bertz CT molecular complexity index is 653. The zero-order chi connectivity index (χ0) is 25.4. The van der Waals surface area contributed by atoms with Crippen LogP contribution in [0.5, 0.6) is 0 Å². The van der Waals surface area contributed by atoms with Crippen molar-refractivity contribution in [3.63, 3.8) is 0 Å². The molecule has 0 aromatic carbocycles. The zero-order valence-electron chi connectivity index (χ0n) is 25.9. The minimum Gasteiger partial charge on any atom is -0.412 e. The van der Waals surface area contributed by atoms with Crippen molar-refractivity contribution in [1.82, 2.24) is 15.5 Å². The quantitative estimate of drug-likeness (QED) is 0.223. The lowest BCUT2D eigenvalue weighted by molar-refractivity contribution is 0.0216. The molecule has 7 atom stereocenters. The molecule has 41 heavy (non-hydrogen) atoms. The summed E-state index contributed by atoms with van der Waals surface area (Å²) >= 11 is 6.32. The van der Waals surface area contributed by atoms with E-state index in [1.165, 1.54) is 58.2 Å². The Balaban J connectivity index is -0.00000114. The molecule has 2 fully saturated rings. The zero-order valence-corrected chi connectivity index (χ0v) is 26.7. The molecule has 3 aliphatic rings. The first-order chi connectivity index (χ1) is 16.7.